The van der Waals surface area contributed by atoms with E-state index in [9.17, 15) is 14.9 Å². The second-order valence-corrected chi connectivity index (χ2v) is 5.12. The average molecular weight is 353 g/mol. The number of benzene rings is 1. The van der Waals surface area contributed by atoms with Crippen LogP contribution in [-0.4, -0.2) is 21.1 Å². The Kier molecular flexibility index (Phi) is 6.60. The molecule has 2 rings (SSSR count). The summed E-state index contributed by atoms with van der Waals surface area (Å²) in [5.74, 6) is -0.395. The number of carboxylic acids is 1. The van der Waals surface area contributed by atoms with Crippen LogP contribution in [0.4, 0.5) is 11.5 Å². The van der Waals surface area contributed by atoms with E-state index in [0.29, 0.717) is 24.5 Å². The number of nitrogen functional groups attached to an aromatic ring is 1. The number of nitro groups is 1. The van der Waals surface area contributed by atoms with Crippen LogP contribution < -0.4 is 22.8 Å². The molecule has 0 saturated heterocycles. The van der Waals surface area contributed by atoms with E-state index in [2.05, 4.69) is 5.10 Å². The number of carbonyl (C=O) groups is 1. The van der Waals surface area contributed by atoms with Gasteiger partial charge in [-0.05, 0) is 31.5 Å². The maximum atomic E-state index is 10.7. The molecule has 0 unspecified atom stereocenters. The van der Waals surface area contributed by atoms with Crippen LogP contribution in [0.2, 0.25) is 0 Å². The number of aliphatic carboxylic acids is 1. The van der Waals surface area contributed by atoms with Gasteiger partial charge in [-0.1, -0.05) is 5.10 Å². The van der Waals surface area contributed by atoms with E-state index in [1.807, 2.05) is 6.92 Å². The third kappa shape index (κ3) is 4.63. The molecule has 1 aromatic heterocycles. The first kappa shape index (κ1) is 19.3. The minimum absolute atomic E-state index is 0. The molecule has 0 radical (unpaired) electrons. The molecule has 1 aromatic carbocycles. The molecule has 128 valence electrons. The third-order valence-electron chi connectivity index (χ3n) is 3.40. The summed E-state index contributed by atoms with van der Waals surface area (Å²) in [6, 6.07) is 7.87. The van der Waals surface area contributed by atoms with Crippen LogP contribution in [-0.2, 0) is 11.3 Å². The lowest BCUT2D eigenvalue weighted by Crippen LogP contribution is -3.00. The molecular weight excluding hydrogens is 336 g/mol. The van der Waals surface area contributed by atoms with E-state index in [1.165, 1.54) is 12.1 Å². The number of nitro benzene ring substituents is 1. The van der Waals surface area contributed by atoms with Crippen molar-refractivity contribution >= 4 is 17.5 Å². The highest BCUT2D eigenvalue weighted by Crippen LogP contribution is 2.21. The van der Waals surface area contributed by atoms with E-state index >= 15 is 0 Å². The molecule has 0 amide bonds. The summed E-state index contributed by atoms with van der Waals surface area (Å²) in [6.07, 6.45) is 0.454. The van der Waals surface area contributed by atoms with Crippen LogP contribution in [0.15, 0.2) is 30.3 Å². The van der Waals surface area contributed by atoms with Crippen LogP contribution in [0, 0.1) is 17.0 Å². The Morgan fingerprint density at radius 1 is 1.38 bits per heavy atom. The maximum Gasteiger partial charge on any atom is 0.303 e. The summed E-state index contributed by atoms with van der Waals surface area (Å²) in [5, 5.41) is 23.8. The summed E-state index contributed by atoms with van der Waals surface area (Å²) in [6.45, 7) is 2.22. The minimum atomic E-state index is -0.868. The van der Waals surface area contributed by atoms with Gasteiger partial charge in [0.1, 0.15) is 12.2 Å². The van der Waals surface area contributed by atoms with Gasteiger partial charge < -0.3 is 17.5 Å². The first-order valence-electron chi connectivity index (χ1n) is 7.02. The van der Waals surface area contributed by atoms with Gasteiger partial charge in [0.05, 0.1) is 4.92 Å². The van der Waals surface area contributed by atoms with E-state index in [0.717, 1.165) is 11.1 Å². The lowest BCUT2D eigenvalue weighted by Gasteiger charge is -2.07. The molecular formula is C15H17ClN4O4. The topological polar surface area (TPSA) is 123 Å². The highest BCUT2D eigenvalue weighted by atomic mass is 35.5. The number of anilines is 1. The zero-order valence-electron chi connectivity index (χ0n) is 13.0. The molecule has 9 heteroatoms. The maximum absolute atomic E-state index is 10.7. The van der Waals surface area contributed by atoms with Crippen molar-refractivity contribution in [2.75, 3.05) is 5.73 Å². The van der Waals surface area contributed by atoms with Crippen molar-refractivity contribution in [3.63, 3.8) is 0 Å². The number of carboxylic acid groups (broad SMARTS) is 1. The van der Waals surface area contributed by atoms with Crippen LogP contribution in [0.5, 0.6) is 0 Å². The Labute approximate surface area is 144 Å². The largest absolute Gasteiger partial charge is 1.00 e. The fourth-order valence-corrected chi connectivity index (χ4v) is 2.14. The lowest BCUT2D eigenvalue weighted by molar-refractivity contribution is -0.740. The van der Waals surface area contributed by atoms with E-state index < -0.39 is 10.9 Å². The van der Waals surface area contributed by atoms with Crippen molar-refractivity contribution in [3.05, 3.63) is 46.0 Å². The molecule has 0 bridgehead atoms. The molecule has 0 aliphatic rings. The Balaban J connectivity index is 0.00000288. The number of nitrogens with zero attached hydrogens (tertiary/aromatic N) is 3. The number of halogens is 1. The zero-order valence-corrected chi connectivity index (χ0v) is 13.7. The van der Waals surface area contributed by atoms with Gasteiger partial charge in [0.2, 0.25) is 0 Å². The Morgan fingerprint density at radius 2 is 2.00 bits per heavy atom. The second-order valence-electron chi connectivity index (χ2n) is 5.12. The van der Waals surface area contributed by atoms with Crippen molar-refractivity contribution in [3.8, 4) is 11.3 Å². The van der Waals surface area contributed by atoms with Gasteiger partial charge in [-0.15, -0.1) is 4.68 Å². The normalized spacial score (nSPS) is 10.0. The smallest absolute Gasteiger partial charge is 0.303 e. The molecule has 8 nitrogen and oxygen atoms in total. The number of rotatable bonds is 6. The fraction of sp³-hybridized carbons (Fsp3) is 0.267. The fourth-order valence-electron chi connectivity index (χ4n) is 2.14. The number of non-ortho nitro benzene ring substituents is 1. The summed E-state index contributed by atoms with van der Waals surface area (Å²) in [4.78, 5) is 20.8. The van der Waals surface area contributed by atoms with E-state index in [-0.39, 0.29) is 24.5 Å². The quantitative estimate of drug-likeness (QED) is 0.378. The lowest BCUT2D eigenvalue weighted by atomic mass is 10.1. The molecule has 0 saturated carbocycles. The van der Waals surface area contributed by atoms with Crippen LogP contribution in [0.25, 0.3) is 11.3 Å². The van der Waals surface area contributed by atoms with Crippen molar-refractivity contribution in [1.82, 2.24) is 5.10 Å². The van der Waals surface area contributed by atoms with E-state index in [1.54, 1.807) is 22.9 Å². The summed E-state index contributed by atoms with van der Waals surface area (Å²) in [7, 11) is 0. The van der Waals surface area contributed by atoms with Gasteiger partial charge in [-0.2, -0.15) is 0 Å². The van der Waals surface area contributed by atoms with Gasteiger partial charge in [-0.25, -0.2) is 0 Å². The van der Waals surface area contributed by atoms with Gasteiger partial charge >= 0.3 is 5.97 Å². The Morgan fingerprint density at radius 3 is 2.54 bits per heavy atom. The second kappa shape index (κ2) is 8.21. The molecule has 3 N–H and O–H groups in total. The molecule has 0 fully saturated rings. The molecule has 2 aromatic rings. The van der Waals surface area contributed by atoms with E-state index in [4.69, 9.17) is 10.8 Å². The molecule has 24 heavy (non-hydrogen) atoms. The third-order valence-corrected chi connectivity index (χ3v) is 3.40. The number of nitrogens with two attached hydrogens (primary N) is 1. The van der Waals surface area contributed by atoms with Crippen molar-refractivity contribution in [2.45, 2.75) is 26.3 Å². The monoisotopic (exact) mass is 352 g/mol. The molecule has 0 aliphatic carbocycles. The van der Waals surface area contributed by atoms with Crippen molar-refractivity contribution in [2.24, 2.45) is 0 Å². The van der Waals surface area contributed by atoms with Crippen LogP contribution in [0.1, 0.15) is 18.4 Å². The highest BCUT2D eigenvalue weighted by molar-refractivity contribution is 5.66. The van der Waals surface area contributed by atoms with Crippen LogP contribution in [0.3, 0.4) is 0 Å². The van der Waals surface area contributed by atoms with Gasteiger partial charge in [0.25, 0.3) is 11.5 Å². The SMILES string of the molecule is Cc1cc(-c2ccc([N+](=O)[O-])cc2)n[n+](CCCC(=O)O)c1N.[Cl-]. The minimum Gasteiger partial charge on any atom is -1.00 e. The average Bonchev–Trinajstić information content (AvgIpc) is 2.51. The van der Waals surface area contributed by atoms with Gasteiger partial charge in [0.15, 0.2) is 0 Å². The summed E-state index contributed by atoms with van der Waals surface area (Å²) < 4.78 is 1.56. The summed E-state index contributed by atoms with van der Waals surface area (Å²) >= 11 is 0. The zero-order chi connectivity index (χ0) is 17.0. The Hall–Kier alpha value is -2.74. The number of aryl methyl sites for hydroxylation is 2. The predicted octanol–water partition coefficient (Wildman–Crippen LogP) is -1.30. The van der Waals surface area contributed by atoms with Gasteiger partial charge in [0, 0.05) is 29.7 Å². The Bertz CT molecular complexity index is 750. The highest BCUT2D eigenvalue weighted by Gasteiger charge is 2.15. The van der Waals surface area contributed by atoms with Gasteiger partial charge in [-0.3, -0.25) is 20.6 Å². The first-order valence-corrected chi connectivity index (χ1v) is 7.02. The molecule has 0 atom stereocenters. The van der Waals surface area contributed by atoms with Crippen LogP contribution >= 0.6 is 0 Å². The molecule has 0 aliphatic heterocycles. The predicted molar refractivity (Wildman–Crippen MR) is 82.5 cm³/mol. The van der Waals surface area contributed by atoms with Crippen molar-refractivity contribution < 1.29 is 31.9 Å². The standard InChI is InChI=1S/C15H16N4O4.ClH/c1-10-9-13(11-4-6-12(7-5-11)19(22)23)17-18(15(10)16)8-2-3-14(20)21;/h4-7,9,16H,2-3,8H2,1H3,(H,20,21);1H. The number of hydrogen-bond donors (Lipinski definition) is 2. The number of aromatic nitrogens is 2. The molecule has 0 spiro atoms. The molecule has 1 heterocycles. The first-order chi connectivity index (χ1) is 10.9. The number of hydrogen-bond acceptors (Lipinski definition) is 5. The summed E-state index contributed by atoms with van der Waals surface area (Å²) in [5.41, 5.74) is 8.15. The van der Waals surface area contributed by atoms with Crippen molar-refractivity contribution in [1.29, 1.82) is 0 Å².